The number of likely N-dealkylation sites (N-methyl/N-ethyl adjacent to an activating group) is 1. The van der Waals surface area contributed by atoms with E-state index in [9.17, 15) is 0 Å². The molecule has 0 rings (SSSR count). The van der Waals surface area contributed by atoms with Crippen LogP contribution in [-0.4, -0.2) is 30.6 Å². The van der Waals surface area contributed by atoms with Gasteiger partial charge in [0.1, 0.15) is 0 Å². The van der Waals surface area contributed by atoms with Gasteiger partial charge in [-0.05, 0) is 25.8 Å². The molecule has 0 aliphatic rings. The fourth-order valence-corrected chi connectivity index (χ4v) is 2.11. The van der Waals surface area contributed by atoms with Crippen LogP contribution in [0.5, 0.6) is 0 Å². The highest BCUT2D eigenvalue weighted by Crippen LogP contribution is 2.24. The van der Waals surface area contributed by atoms with Crippen molar-refractivity contribution in [2.75, 3.05) is 20.1 Å². The van der Waals surface area contributed by atoms with E-state index in [-0.39, 0.29) is 5.54 Å². The summed E-state index contributed by atoms with van der Waals surface area (Å²) in [5, 5.41) is 0. The first-order valence-corrected chi connectivity index (χ1v) is 6.66. The number of hydrogen-bond acceptors (Lipinski definition) is 2. The second-order valence-corrected chi connectivity index (χ2v) is 6.57. The Bertz CT molecular complexity index is 184. The normalized spacial score (nSPS) is 16.5. The minimum absolute atomic E-state index is 0.169. The Kier molecular flexibility index (Phi) is 6.57. The Morgan fingerprint density at radius 2 is 1.62 bits per heavy atom. The van der Waals surface area contributed by atoms with Gasteiger partial charge in [-0.1, -0.05) is 47.0 Å². The molecular formula is C14H32N2. The van der Waals surface area contributed by atoms with Crippen molar-refractivity contribution < 1.29 is 0 Å². The van der Waals surface area contributed by atoms with Gasteiger partial charge in [-0.25, -0.2) is 0 Å². The van der Waals surface area contributed by atoms with Crippen molar-refractivity contribution in [1.29, 1.82) is 0 Å². The maximum atomic E-state index is 5.97. The van der Waals surface area contributed by atoms with Crippen LogP contribution in [0.4, 0.5) is 0 Å². The Morgan fingerprint density at radius 1 is 1.06 bits per heavy atom. The van der Waals surface area contributed by atoms with Gasteiger partial charge in [-0.15, -0.1) is 0 Å². The maximum Gasteiger partial charge on any atom is 0.0300 e. The van der Waals surface area contributed by atoms with Gasteiger partial charge in [-0.2, -0.15) is 0 Å². The van der Waals surface area contributed by atoms with Crippen molar-refractivity contribution in [3.63, 3.8) is 0 Å². The monoisotopic (exact) mass is 228 g/mol. The van der Waals surface area contributed by atoms with Crippen LogP contribution < -0.4 is 5.73 Å². The third kappa shape index (κ3) is 5.86. The molecule has 2 heteroatoms. The number of hydrogen-bond donors (Lipinski definition) is 1. The van der Waals surface area contributed by atoms with E-state index in [1.807, 2.05) is 0 Å². The highest BCUT2D eigenvalue weighted by atomic mass is 15.2. The van der Waals surface area contributed by atoms with Crippen LogP contribution in [0.15, 0.2) is 0 Å². The fourth-order valence-electron chi connectivity index (χ4n) is 2.11. The lowest BCUT2D eigenvalue weighted by molar-refractivity contribution is 0.0906. The van der Waals surface area contributed by atoms with Crippen LogP contribution in [0.25, 0.3) is 0 Å². The molecule has 0 heterocycles. The molecule has 0 aliphatic heterocycles. The van der Waals surface area contributed by atoms with E-state index in [0.29, 0.717) is 5.41 Å². The average Bonchev–Trinajstić information content (AvgIpc) is 2.15. The van der Waals surface area contributed by atoms with E-state index >= 15 is 0 Å². The van der Waals surface area contributed by atoms with Crippen molar-refractivity contribution in [3.05, 3.63) is 0 Å². The van der Waals surface area contributed by atoms with Crippen molar-refractivity contribution in [1.82, 2.24) is 4.90 Å². The van der Waals surface area contributed by atoms with Crippen LogP contribution in [0.3, 0.4) is 0 Å². The highest BCUT2D eigenvalue weighted by Gasteiger charge is 2.29. The smallest absolute Gasteiger partial charge is 0.0300 e. The molecule has 0 saturated heterocycles. The van der Waals surface area contributed by atoms with E-state index in [4.69, 9.17) is 5.73 Å². The SMILES string of the molecule is CCCCCC(C)(CN)N(C)CC(C)(C)C. The van der Waals surface area contributed by atoms with Crippen molar-refractivity contribution >= 4 is 0 Å². The molecular weight excluding hydrogens is 196 g/mol. The lowest BCUT2D eigenvalue weighted by atomic mass is 9.88. The van der Waals surface area contributed by atoms with Gasteiger partial charge in [0, 0.05) is 18.6 Å². The van der Waals surface area contributed by atoms with E-state index in [2.05, 4.69) is 46.6 Å². The van der Waals surface area contributed by atoms with Crippen molar-refractivity contribution in [2.24, 2.45) is 11.1 Å². The van der Waals surface area contributed by atoms with Gasteiger partial charge in [-0.3, -0.25) is 4.90 Å². The van der Waals surface area contributed by atoms with E-state index in [1.54, 1.807) is 0 Å². The topological polar surface area (TPSA) is 29.3 Å². The third-order valence-electron chi connectivity index (χ3n) is 3.39. The molecule has 0 aromatic rings. The molecule has 1 atom stereocenters. The van der Waals surface area contributed by atoms with E-state index in [0.717, 1.165) is 13.1 Å². The zero-order valence-electron chi connectivity index (χ0n) is 12.3. The third-order valence-corrected chi connectivity index (χ3v) is 3.39. The lowest BCUT2D eigenvalue weighted by Crippen LogP contribution is -2.52. The first-order chi connectivity index (χ1) is 7.25. The van der Waals surface area contributed by atoms with Gasteiger partial charge in [0.2, 0.25) is 0 Å². The van der Waals surface area contributed by atoms with Gasteiger partial charge in [0.15, 0.2) is 0 Å². The lowest BCUT2D eigenvalue weighted by Gasteiger charge is -2.41. The first-order valence-electron chi connectivity index (χ1n) is 6.66. The molecule has 0 fully saturated rings. The summed E-state index contributed by atoms with van der Waals surface area (Å²) in [6.45, 7) is 13.3. The molecule has 0 bridgehead atoms. The molecule has 0 aliphatic carbocycles. The quantitative estimate of drug-likeness (QED) is 0.678. The summed E-state index contributed by atoms with van der Waals surface area (Å²) in [6, 6.07) is 0. The molecule has 16 heavy (non-hydrogen) atoms. The maximum absolute atomic E-state index is 5.97. The fraction of sp³-hybridized carbons (Fsp3) is 1.00. The van der Waals surface area contributed by atoms with Crippen LogP contribution in [-0.2, 0) is 0 Å². The average molecular weight is 228 g/mol. The van der Waals surface area contributed by atoms with Gasteiger partial charge < -0.3 is 5.73 Å². The van der Waals surface area contributed by atoms with Crippen LogP contribution in [0, 0.1) is 5.41 Å². The summed E-state index contributed by atoms with van der Waals surface area (Å²) in [7, 11) is 2.21. The molecule has 0 saturated carbocycles. The summed E-state index contributed by atoms with van der Waals surface area (Å²) in [5.41, 5.74) is 6.48. The summed E-state index contributed by atoms with van der Waals surface area (Å²) < 4.78 is 0. The summed E-state index contributed by atoms with van der Waals surface area (Å²) in [5.74, 6) is 0. The minimum Gasteiger partial charge on any atom is -0.329 e. The Hall–Kier alpha value is -0.0800. The first kappa shape index (κ1) is 15.9. The second-order valence-electron chi connectivity index (χ2n) is 6.57. The summed E-state index contributed by atoms with van der Waals surface area (Å²) in [6.07, 6.45) is 5.10. The highest BCUT2D eigenvalue weighted by molar-refractivity contribution is 4.87. The van der Waals surface area contributed by atoms with Gasteiger partial charge >= 0.3 is 0 Å². The Balaban J connectivity index is 4.31. The molecule has 1 unspecified atom stereocenters. The Morgan fingerprint density at radius 3 is 2.00 bits per heavy atom. The van der Waals surface area contributed by atoms with Crippen LogP contribution >= 0.6 is 0 Å². The zero-order valence-corrected chi connectivity index (χ0v) is 12.3. The molecule has 98 valence electrons. The largest absolute Gasteiger partial charge is 0.329 e. The molecule has 0 radical (unpaired) electrons. The van der Waals surface area contributed by atoms with Crippen LogP contribution in [0.2, 0.25) is 0 Å². The number of rotatable bonds is 7. The molecule has 0 aromatic carbocycles. The van der Waals surface area contributed by atoms with Crippen LogP contribution in [0.1, 0.15) is 60.3 Å². The predicted octanol–water partition coefficient (Wildman–Crippen LogP) is 3.26. The van der Waals surface area contributed by atoms with E-state index < -0.39 is 0 Å². The van der Waals surface area contributed by atoms with Gasteiger partial charge in [0.25, 0.3) is 0 Å². The molecule has 2 N–H and O–H groups in total. The Labute approximate surface area is 103 Å². The zero-order chi connectivity index (χ0) is 12.8. The molecule has 0 spiro atoms. The summed E-state index contributed by atoms with van der Waals surface area (Å²) >= 11 is 0. The molecule has 0 amide bonds. The van der Waals surface area contributed by atoms with E-state index in [1.165, 1.54) is 25.7 Å². The number of unbranched alkanes of at least 4 members (excludes halogenated alkanes) is 2. The number of nitrogens with zero attached hydrogens (tertiary/aromatic N) is 1. The predicted molar refractivity (Wildman–Crippen MR) is 73.7 cm³/mol. The summed E-state index contributed by atoms with van der Waals surface area (Å²) in [4.78, 5) is 2.45. The van der Waals surface area contributed by atoms with Gasteiger partial charge in [0.05, 0.1) is 0 Å². The second kappa shape index (κ2) is 6.61. The number of nitrogens with two attached hydrogens (primary N) is 1. The minimum atomic E-state index is 0.169. The molecule has 0 aromatic heterocycles. The van der Waals surface area contributed by atoms with Crippen molar-refractivity contribution in [3.8, 4) is 0 Å². The van der Waals surface area contributed by atoms with Crippen molar-refractivity contribution in [2.45, 2.75) is 65.8 Å². The standard InChI is InChI=1S/C14H32N2/c1-7-8-9-10-14(5,11-15)16(6)12-13(2,3)4/h7-12,15H2,1-6H3. The molecule has 2 nitrogen and oxygen atoms in total.